The van der Waals surface area contributed by atoms with E-state index in [0.29, 0.717) is 18.9 Å². The Morgan fingerprint density at radius 3 is 3.13 bits per heavy atom. The molecular weight excluding hydrogens is 190 g/mol. The molecule has 1 atom stereocenters. The van der Waals surface area contributed by atoms with Crippen LogP contribution in [0.5, 0.6) is 5.88 Å². The van der Waals surface area contributed by atoms with Gasteiger partial charge in [0.05, 0.1) is 12.7 Å². The van der Waals surface area contributed by atoms with Crippen molar-refractivity contribution in [1.82, 2.24) is 4.98 Å². The van der Waals surface area contributed by atoms with Gasteiger partial charge in [-0.2, -0.15) is 0 Å². The maximum absolute atomic E-state index is 9.08. The van der Waals surface area contributed by atoms with Crippen molar-refractivity contribution in [1.29, 1.82) is 0 Å². The molecule has 0 bridgehead atoms. The highest BCUT2D eigenvalue weighted by molar-refractivity contribution is 5.29. The van der Waals surface area contributed by atoms with Gasteiger partial charge in [-0.15, -0.1) is 0 Å². The van der Waals surface area contributed by atoms with Crippen LogP contribution in [0, 0.1) is 0 Å². The minimum Gasteiger partial charge on any atom is -0.478 e. The molecule has 82 valence electrons. The van der Waals surface area contributed by atoms with Crippen LogP contribution >= 0.6 is 0 Å². The summed E-state index contributed by atoms with van der Waals surface area (Å²) in [6, 6.07) is 4.03. The number of aromatic nitrogens is 1. The summed E-state index contributed by atoms with van der Waals surface area (Å²) in [5.74, 6) is 0.691. The van der Waals surface area contributed by atoms with Crippen LogP contribution in [0.15, 0.2) is 12.1 Å². The average Bonchev–Trinajstić information content (AvgIpc) is 2.64. The van der Waals surface area contributed by atoms with Gasteiger partial charge in [-0.1, -0.05) is 6.07 Å². The predicted molar refractivity (Wildman–Crippen MR) is 58.1 cm³/mol. The van der Waals surface area contributed by atoms with Crippen LogP contribution in [-0.4, -0.2) is 22.8 Å². The van der Waals surface area contributed by atoms with E-state index in [-0.39, 0.29) is 6.10 Å². The van der Waals surface area contributed by atoms with Crippen LogP contribution in [0.4, 0.5) is 0 Å². The lowest BCUT2D eigenvalue weighted by atomic mass is 10.2. The summed E-state index contributed by atoms with van der Waals surface area (Å²) in [5.41, 5.74) is 2.54. The van der Waals surface area contributed by atoms with Gasteiger partial charge in [-0.05, 0) is 31.7 Å². The van der Waals surface area contributed by atoms with Crippen LogP contribution in [0.3, 0.4) is 0 Å². The van der Waals surface area contributed by atoms with Gasteiger partial charge in [0.1, 0.15) is 0 Å². The van der Waals surface area contributed by atoms with Crippen molar-refractivity contribution in [3.05, 3.63) is 23.4 Å². The van der Waals surface area contributed by atoms with Gasteiger partial charge < -0.3 is 9.84 Å². The lowest BCUT2D eigenvalue weighted by Gasteiger charge is -2.07. The number of aliphatic hydroxyl groups is 1. The summed E-state index contributed by atoms with van der Waals surface area (Å²) in [7, 11) is 0. The Morgan fingerprint density at radius 2 is 2.33 bits per heavy atom. The topological polar surface area (TPSA) is 42.4 Å². The average molecular weight is 207 g/mol. The van der Waals surface area contributed by atoms with Gasteiger partial charge in [0, 0.05) is 18.2 Å². The normalized spacial score (nSPS) is 16.1. The van der Waals surface area contributed by atoms with Crippen molar-refractivity contribution in [3.63, 3.8) is 0 Å². The highest BCUT2D eigenvalue weighted by atomic mass is 16.5. The largest absolute Gasteiger partial charge is 0.478 e. The molecule has 1 aliphatic carbocycles. The number of aryl methyl sites for hydroxylation is 2. The number of hydrogen-bond acceptors (Lipinski definition) is 3. The number of rotatable bonds is 4. The maximum atomic E-state index is 9.08. The molecule has 0 unspecified atom stereocenters. The van der Waals surface area contributed by atoms with Crippen molar-refractivity contribution in [2.75, 3.05) is 6.61 Å². The molecule has 1 heterocycles. The highest BCUT2D eigenvalue weighted by Crippen LogP contribution is 2.22. The molecule has 0 aliphatic heterocycles. The Kier molecular flexibility index (Phi) is 3.21. The van der Waals surface area contributed by atoms with E-state index in [9.17, 15) is 0 Å². The molecular formula is C12H17NO2. The monoisotopic (exact) mass is 207 g/mol. The molecule has 2 rings (SSSR count). The summed E-state index contributed by atoms with van der Waals surface area (Å²) >= 11 is 0. The second-order valence-corrected chi connectivity index (χ2v) is 4.10. The van der Waals surface area contributed by atoms with Gasteiger partial charge in [0.15, 0.2) is 0 Å². The first-order valence-electron chi connectivity index (χ1n) is 5.55. The predicted octanol–water partition coefficient (Wildman–Crippen LogP) is 1.72. The number of ether oxygens (including phenoxy) is 1. The van der Waals surface area contributed by atoms with E-state index >= 15 is 0 Å². The molecule has 0 aromatic carbocycles. The van der Waals surface area contributed by atoms with Gasteiger partial charge in [0.2, 0.25) is 5.88 Å². The number of fused-ring (bicyclic) bond motifs is 1. The molecule has 0 fully saturated rings. The lowest BCUT2D eigenvalue weighted by Crippen LogP contribution is -2.08. The minimum absolute atomic E-state index is 0.306. The zero-order chi connectivity index (χ0) is 10.7. The molecule has 1 aliphatic rings. The Bertz CT molecular complexity index is 336. The van der Waals surface area contributed by atoms with Crippen LogP contribution in [-0.2, 0) is 12.8 Å². The molecule has 0 spiro atoms. The fourth-order valence-electron chi connectivity index (χ4n) is 1.81. The number of aliphatic hydroxyl groups excluding tert-OH is 1. The third-order valence-electron chi connectivity index (χ3n) is 2.69. The fraction of sp³-hybridized carbons (Fsp3) is 0.583. The van der Waals surface area contributed by atoms with Gasteiger partial charge >= 0.3 is 0 Å². The molecule has 1 aromatic rings. The number of hydrogen-bond donors (Lipinski definition) is 1. The van der Waals surface area contributed by atoms with E-state index < -0.39 is 0 Å². The van der Waals surface area contributed by atoms with Crippen molar-refractivity contribution in [2.24, 2.45) is 0 Å². The van der Waals surface area contributed by atoms with Crippen molar-refractivity contribution in [2.45, 2.75) is 38.7 Å². The third-order valence-corrected chi connectivity index (χ3v) is 2.69. The standard InChI is InChI=1S/C12H17NO2/c1-9(14)7-8-15-12-6-5-10-3-2-4-11(10)13-12/h5-6,9,14H,2-4,7-8H2,1H3/t9-/m0/s1. The first kappa shape index (κ1) is 10.4. The second-order valence-electron chi connectivity index (χ2n) is 4.10. The molecule has 0 saturated carbocycles. The van der Waals surface area contributed by atoms with Crippen molar-refractivity contribution in [3.8, 4) is 5.88 Å². The molecule has 1 N–H and O–H groups in total. The second kappa shape index (κ2) is 4.62. The molecule has 0 saturated heterocycles. The number of nitrogens with zero attached hydrogens (tertiary/aromatic N) is 1. The SMILES string of the molecule is C[C@H](O)CCOc1ccc2c(n1)CCC2. The molecule has 3 heteroatoms. The first-order chi connectivity index (χ1) is 7.25. The van der Waals surface area contributed by atoms with E-state index in [0.717, 1.165) is 12.8 Å². The Morgan fingerprint density at radius 1 is 1.47 bits per heavy atom. The molecule has 3 nitrogen and oxygen atoms in total. The number of pyridine rings is 1. The van der Waals surface area contributed by atoms with E-state index in [4.69, 9.17) is 9.84 Å². The molecule has 0 radical (unpaired) electrons. The first-order valence-corrected chi connectivity index (χ1v) is 5.55. The van der Waals surface area contributed by atoms with Crippen LogP contribution in [0.1, 0.15) is 31.0 Å². The van der Waals surface area contributed by atoms with E-state index in [1.54, 1.807) is 6.92 Å². The smallest absolute Gasteiger partial charge is 0.213 e. The zero-order valence-electron chi connectivity index (χ0n) is 9.07. The summed E-state index contributed by atoms with van der Waals surface area (Å²) in [4.78, 5) is 4.45. The maximum Gasteiger partial charge on any atom is 0.213 e. The lowest BCUT2D eigenvalue weighted by molar-refractivity contribution is 0.154. The Hall–Kier alpha value is -1.09. The zero-order valence-corrected chi connectivity index (χ0v) is 9.07. The summed E-state index contributed by atoms with van der Waals surface area (Å²) in [5, 5.41) is 9.08. The fourth-order valence-corrected chi connectivity index (χ4v) is 1.81. The molecule has 0 amide bonds. The molecule has 15 heavy (non-hydrogen) atoms. The van der Waals surface area contributed by atoms with Gasteiger partial charge in [0.25, 0.3) is 0 Å². The quantitative estimate of drug-likeness (QED) is 0.817. The van der Waals surface area contributed by atoms with Crippen LogP contribution in [0.25, 0.3) is 0 Å². The Balaban J connectivity index is 1.92. The Labute approximate surface area is 90.1 Å². The van der Waals surface area contributed by atoms with E-state index in [2.05, 4.69) is 11.1 Å². The van der Waals surface area contributed by atoms with Crippen LogP contribution < -0.4 is 4.74 Å². The molecule has 1 aromatic heterocycles. The van der Waals surface area contributed by atoms with Gasteiger partial charge in [-0.3, -0.25) is 0 Å². The third kappa shape index (κ3) is 2.69. The summed E-state index contributed by atoms with van der Waals surface area (Å²) < 4.78 is 5.47. The van der Waals surface area contributed by atoms with E-state index in [1.807, 2.05) is 6.07 Å². The van der Waals surface area contributed by atoms with Gasteiger partial charge in [-0.25, -0.2) is 4.98 Å². The van der Waals surface area contributed by atoms with Crippen molar-refractivity contribution >= 4 is 0 Å². The van der Waals surface area contributed by atoms with Crippen LogP contribution in [0.2, 0.25) is 0 Å². The van der Waals surface area contributed by atoms with Crippen molar-refractivity contribution < 1.29 is 9.84 Å². The summed E-state index contributed by atoms with van der Waals surface area (Å²) in [6.07, 6.45) is 3.77. The minimum atomic E-state index is -0.306. The highest BCUT2D eigenvalue weighted by Gasteiger charge is 2.12. The summed E-state index contributed by atoms with van der Waals surface area (Å²) in [6.45, 7) is 2.29. The van der Waals surface area contributed by atoms with E-state index in [1.165, 1.54) is 17.7 Å².